The van der Waals surface area contributed by atoms with Crippen LogP contribution in [-0.2, 0) is 4.79 Å². The van der Waals surface area contributed by atoms with Crippen molar-refractivity contribution in [1.82, 2.24) is 4.90 Å². The van der Waals surface area contributed by atoms with Crippen LogP contribution in [0.1, 0.15) is 24.8 Å². The Morgan fingerprint density at radius 2 is 2.06 bits per heavy atom. The number of aryl methyl sites for hydroxylation is 1. The van der Waals surface area contributed by atoms with Crippen LogP contribution >= 0.6 is 11.6 Å². The highest BCUT2D eigenvalue weighted by Crippen LogP contribution is 2.20. The number of halogens is 1. The maximum absolute atomic E-state index is 11.9. The Hall–Kier alpha value is -1.06. The Morgan fingerprint density at radius 1 is 1.33 bits per heavy atom. The van der Waals surface area contributed by atoms with Crippen LogP contribution < -0.4 is 5.32 Å². The normalized spacial score (nSPS) is 16.6. The molecule has 0 aliphatic carbocycles. The molecule has 1 fully saturated rings. The van der Waals surface area contributed by atoms with Crippen molar-refractivity contribution in [2.24, 2.45) is 0 Å². The lowest BCUT2D eigenvalue weighted by Gasteiger charge is -2.25. The zero-order valence-electron chi connectivity index (χ0n) is 10.7. The van der Waals surface area contributed by atoms with Crippen molar-refractivity contribution in [2.75, 3.05) is 25.0 Å². The number of amides is 1. The van der Waals surface area contributed by atoms with Crippen molar-refractivity contribution < 1.29 is 4.79 Å². The molecule has 1 N–H and O–H groups in total. The molecule has 1 amide bonds. The van der Waals surface area contributed by atoms with Crippen LogP contribution in [0.15, 0.2) is 18.2 Å². The Labute approximate surface area is 113 Å². The van der Waals surface area contributed by atoms with E-state index in [1.807, 2.05) is 19.1 Å². The molecule has 1 aromatic rings. The summed E-state index contributed by atoms with van der Waals surface area (Å²) in [6, 6.07) is 5.54. The van der Waals surface area contributed by atoms with Gasteiger partial charge in [-0.25, -0.2) is 0 Å². The minimum absolute atomic E-state index is 0.0438. The van der Waals surface area contributed by atoms with Crippen molar-refractivity contribution in [2.45, 2.75) is 26.2 Å². The molecule has 18 heavy (non-hydrogen) atoms. The number of piperidine rings is 1. The van der Waals surface area contributed by atoms with Gasteiger partial charge in [0.1, 0.15) is 0 Å². The zero-order chi connectivity index (χ0) is 13.0. The van der Waals surface area contributed by atoms with Crippen LogP contribution in [0.4, 0.5) is 5.69 Å². The zero-order valence-corrected chi connectivity index (χ0v) is 11.5. The third-order valence-electron chi connectivity index (χ3n) is 3.29. The van der Waals surface area contributed by atoms with Crippen LogP contribution in [0.3, 0.4) is 0 Å². The average Bonchev–Trinajstić information content (AvgIpc) is 2.35. The maximum atomic E-state index is 11.9. The molecule has 1 aromatic carbocycles. The molecule has 0 saturated carbocycles. The van der Waals surface area contributed by atoms with E-state index in [1.54, 1.807) is 6.07 Å². The highest BCUT2D eigenvalue weighted by Gasteiger charge is 2.14. The lowest BCUT2D eigenvalue weighted by Crippen LogP contribution is -2.36. The van der Waals surface area contributed by atoms with E-state index in [-0.39, 0.29) is 5.91 Å². The summed E-state index contributed by atoms with van der Waals surface area (Å²) in [6.07, 6.45) is 3.68. The van der Waals surface area contributed by atoms with Crippen molar-refractivity contribution in [1.29, 1.82) is 0 Å². The first kappa shape index (κ1) is 13.4. The molecule has 0 spiro atoms. The summed E-state index contributed by atoms with van der Waals surface area (Å²) in [6.45, 7) is 4.50. The summed E-state index contributed by atoms with van der Waals surface area (Å²) < 4.78 is 0. The van der Waals surface area contributed by atoms with E-state index in [1.165, 1.54) is 19.3 Å². The second-order valence-corrected chi connectivity index (χ2v) is 5.28. The number of carbonyl (C=O) groups excluding carboxylic acids is 1. The van der Waals surface area contributed by atoms with Gasteiger partial charge in [-0.1, -0.05) is 24.1 Å². The van der Waals surface area contributed by atoms with E-state index < -0.39 is 0 Å². The first-order valence-corrected chi connectivity index (χ1v) is 6.81. The summed E-state index contributed by atoms with van der Waals surface area (Å²) in [5, 5.41) is 3.58. The summed E-state index contributed by atoms with van der Waals surface area (Å²) in [4.78, 5) is 14.2. The van der Waals surface area contributed by atoms with Gasteiger partial charge in [0, 0.05) is 10.7 Å². The molecule has 1 saturated heterocycles. The predicted molar refractivity (Wildman–Crippen MR) is 75.1 cm³/mol. The highest BCUT2D eigenvalue weighted by atomic mass is 35.5. The molecule has 1 heterocycles. The number of carbonyl (C=O) groups is 1. The number of benzene rings is 1. The third-order valence-corrected chi connectivity index (χ3v) is 3.52. The van der Waals surface area contributed by atoms with Gasteiger partial charge in [-0.2, -0.15) is 0 Å². The maximum Gasteiger partial charge on any atom is 0.238 e. The molecule has 0 bridgehead atoms. The number of hydrogen-bond acceptors (Lipinski definition) is 2. The van der Waals surface area contributed by atoms with Crippen LogP contribution in [0.5, 0.6) is 0 Å². The Bertz CT molecular complexity index is 428. The van der Waals surface area contributed by atoms with Crippen LogP contribution in [0.25, 0.3) is 0 Å². The average molecular weight is 267 g/mol. The lowest BCUT2D eigenvalue weighted by molar-refractivity contribution is -0.117. The largest absolute Gasteiger partial charge is 0.325 e. The van der Waals surface area contributed by atoms with E-state index in [2.05, 4.69) is 10.2 Å². The Balaban J connectivity index is 1.92. The third kappa shape index (κ3) is 3.72. The van der Waals surface area contributed by atoms with Crippen molar-refractivity contribution in [3.05, 3.63) is 28.8 Å². The van der Waals surface area contributed by atoms with Crippen LogP contribution in [0.2, 0.25) is 5.02 Å². The minimum atomic E-state index is 0.0438. The van der Waals surface area contributed by atoms with Gasteiger partial charge in [-0.3, -0.25) is 9.69 Å². The molecule has 2 rings (SSSR count). The van der Waals surface area contributed by atoms with E-state index in [4.69, 9.17) is 11.6 Å². The van der Waals surface area contributed by atoms with Gasteiger partial charge in [-0.05, 0) is 50.6 Å². The monoisotopic (exact) mass is 266 g/mol. The number of nitrogens with zero attached hydrogens (tertiary/aromatic N) is 1. The van der Waals surface area contributed by atoms with Crippen LogP contribution in [0, 0.1) is 6.92 Å². The number of hydrogen-bond donors (Lipinski definition) is 1. The highest BCUT2D eigenvalue weighted by molar-refractivity contribution is 6.31. The molecule has 0 aromatic heterocycles. The minimum Gasteiger partial charge on any atom is -0.325 e. The smallest absolute Gasteiger partial charge is 0.238 e. The second kappa shape index (κ2) is 6.21. The summed E-state index contributed by atoms with van der Waals surface area (Å²) in [5.74, 6) is 0.0438. The fourth-order valence-corrected chi connectivity index (χ4v) is 2.41. The first-order valence-electron chi connectivity index (χ1n) is 6.43. The Morgan fingerprint density at radius 3 is 2.78 bits per heavy atom. The number of anilines is 1. The summed E-state index contributed by atoms with van der Waals surface area (Å²) >= 11 is 5.93. The molecule has 0 atom stereocenters. The number of nitrogens with one attached hydrogen (secondary N) is 1. The molecular weight excluding hydrogens is 248 g/mol. The quantitative estimate of drug-likeness (QED) is 0.912. The fraction of sp³-hybridized carbons (Fsp3) is 0.500. The van der Waals surface area contributed by atoms with Crippen LogP contribution in [-0.4, -0.2) is 30.4 Å². The van der Waals surface area contributed by atoms with Gasteiger partial charge in [0.2, 0.25) is 5.91 Å². The summed E-state index contributed by atoms with van der Waals surface area (Å²) in [7, 11) is 0. The van der Waals surface area contributed by atoms with Crippen molar-refractivity contribution in [3.8, 4) is 0 Å². The number of rotatable bonds is 3. The standard InChI is InChI=1S/C14H19ClN2O/c1-11-5-6-12(15)9-13(11)16-14(18)10-17-7-3-2-4-8-17/h5-6,9H,2-4,7-8,10H2,1H3,(H,16,18). The SMILES string of the molecule is Cc1ccc(Cl)cc1NC(=O)CN1CCCCC1. The predicted octanol–water partition coefficient (Wildman–Crippen LogP) is 3.07. The Kier molecular flexibility index (Phi) is 4.61. The second-order valence-electron chi connectivity index (χ2n) is 4.84. The van der Waals surface area contributed by atoms with E-state index in [9.17, 15) is 4.79 Å². The molecule has 4 heteroatoms. The number of likely N-dealkylation sites (tertiary alicyclic amines) is 1. The first-order chi connectivity index (χ1) is 8.65. The topological polar surface area (TPSA) is 32.3 Å². The van der Waals surface area contributed by atoms with Crippen molar-refractivity contribution in [3.63, 3.8) is 0 Å². The van der Waals surface area contributed by atoms with E-state index in [0.29, 0.717) is 11.6 Å². The fourth-order valence-electron chi connectivity index (χ4n) is 2.24. The lowest BCUT2D eigenvalue weighted by atomic mass is 10.1. The molecular formula is C14H19ClN2O. The summed E-state index contributed by atoms with van der Waals surface area (Å²) in [5.41, 5.74) is 1.84. The van der Waals surface area contributed by atoms with Gasteiger partial charge >= 0.3 is 0 Å². The van der Waals surface area contributed by atoms with E-state index >= 15 is 0 Å². The molecule has 98 valence electrons. The molecule has 3 nitrogen and oxygen atoms in total. The van der Waals surface area contributed by atoms with Gasteiger partial charge < -0.3 is 5.32 Å². The van der Waals surface area contributed by atoms with Gasteiger partial charge in [-0.15, -0.1) is 0 Å². The molecule has 0 unspecified atom stereocenters. The molecule has 1 aliphatic rings. The molecule has 1 aliphatic heterocycles. The van der Waals surface area contributed by atoms with Gasteiger partial charge in [0.15, 0.2) is 0 Å². The van der Waals surface area contributed by atoms with Gasteiger partial charge in [0.25, 0.3) is 0 Å². The molecule has 0 radical (unpaired) electrons. The van der Waals surface area contributed by atoms with E-state index in [0.717, 1.165) is 24.3 Å². The van der Waals surface area contributed by atoms with Gasteiger partial charge in [0.05, 0.1) is 6.54 Å². The van der Waals surface area contributed by atoms with Crippen molar-refractivity contribution >= 4 is 23.2 Å².